The normalized spacial score (nSPS) is 12.3. The molecule has 0 atom stereocenters. The number of aliphatic hydroxyl groups excluding tert-OH is 1. The molecule has 1 heterocycles. The molecule has 23 heavy (non-hydrogen) atoms. The van der Waals surface area contributed by atoms with Gasteiger partial charge in [-0.05, 0) is 23.7 Å². The number of ether oxygens (including phenoxy) is 1. The molecule has 6 heteroatoms. The molecule has 3 aromatic rings. The number of carbonyl (C=O) groups is 2. The van der Waals surface area contributed by atoms with Crippen LogP contribution in [0.1, 0.15) is 26.3 Å². The number of nitrogens with zero attached hydrogens (tertiary/aromatic N) is 1. The van der Waals surface area contributed by atoms with Crippen molar-refractivity contribution in [2.75, 3.05) is 13.2 Å². The molecule has 0 aliphatic heterocycles. The van der Waals surface area contributed by atoms with Crippen molar-refractivity contribution in [1.82, 2.24) is 4.37 Å². The molecule has 1 aliphatic carbocycles. The van der Waals surface area contributed by atoms with E-state index in [0.29, 0.717) is 26.8 Å². The zero-order chi connectivity index (χ0) is 16.0. The van der Waals surface area contributed by atoms with E-state index in [4.69, 9.17) is 9.84 Å². The maximum Gasteiger partial charge on any atom is 0.339 e. The quantitative estimate of drug-likeness (QED) is 0.586. The van der Waals surface area contributed by atoms with Crippen molar-refractivity contribution in [2.45, 2.75) is 0 Å². The van der Waals surface area contributed by atoms with Crippen LogP contribution in [0.25, 0.3) is 21.3 Å². The Hall–Kier alpha value is -2.57. The lowest BCUT2D eigenvalue weighted by atomic mass is 9.87. The molecule has 0 radical (unpaired) electrons. The van der Waals surface area contributed by atoms with E-state index in [1.165, 1.54) is 11.5 Å². The molecular formula is C17H11NO4S. The van der Waals surface area contributed by atoms with Crippen LogP contribution in [0.2, 0.25) is 0 Å². The summed E-state index contributed by atoms with van der Waals surface area (Å²) < 4.78 is 10.1. The van der Waals surface area contributed by atoms with E-state index in [1.54, 1.807) is 18.2 Å². The zero-order valence-electron chi connectivity index (χ0n) is 11.9. The molecular weight excluding hydrogens is 314 g/mol. The first kappa shape index (κ1) is 14.0. The van der Waals surface area contributed by atoms with Gasteiger partial charge in [-0.15, -0.1) is 0 Å². The largest absolute Gasteiger partial charge is 0.460 e. The Kier molecular flexibility index (Phi) is 3.21. The lowest BCUT2D eigenvalue weighted by Crippen LogP contribution is -2.12. The summed E-state index contributed by atoms with van der Waals surface area (Å²) in [6.07, 6.45) is 0. The van der Waals surface area contributed by atoms with E-state index in [1.807, 2.05) is 18.2 Å². The third kappa shape index (κ3) is 1.99. The van der Waals surface area contributed by atoms with Crippen molar-refractivity contribution in [3.8, 4) is 11.3 Å². The highest BCUT2D eigenvalue weighted by atomic mass is 32.1. The first-order valence-corrected chi connectivity index (χ1v) is 7.84. The molecule has 1 aromatic heterocycles. The Morgan fingerprint density at radius 1 is 1.13 bits per heavy atom. The van der Waals surface area contributed by atoms with E-state index < -0.39 is 5.97 Å². The number of aromatic nitrogens is 1. The summed E-state index contributed by atoms with van der Waals surface area (Å²) in [7, 11) is 0. The Bertz CT molecular complexity index is 960. The standard InChI is InChI=1S/C17H11NO4S/c19-7-8-22-17(21)12-6-5-11-13-14(18-23-16(12)13)9-3-1-2-4-10(9)15(11)20/h1-6,19H,7-8H2. The van der Waals surface area contributed by atoms with Crippen LogP contribution in [0, 0.1) is 0 Å². The molecule has 0 amide bonds. The van der Waals surface area contributed by atoms with Gasteiger partial charge < -0.3 is 9.84 Å². The fraction of sp³-hybridized carbons (Fsp3) is 0.118. The minimum atomic E-state index is -0.521. The lowest BCUT2D eigenvalue weighted by Gasteiger charge is -2.15. The highest BCUT2D eigenvalue weighted by Gasteiger charge is 2.29. The SMILES string of the molecule is O=C(OCCO)c1ccc2c3c(nsc13)-c1ccccc1C2=O. The predicted molar refractivity (Wildman–Crippen MR) is 85.9 cm³/mol. The van der Waals surface area contributed by atoms with Gasteiger partial charge in [0, 0.05) is 22.1 Å². The number of aliphatic hydroxyl groups is 1. The van der Waals surface area contributed by atoms with Crippen molar-refractivity contribution in [2.24, 2.45) is 0 Å². The number of hydrogen-bond acceptors (Lipinski definition) is 6. The highest BCUT2D eigenvalue weighted by molar-refractivity contribution is 7.14. The summed E-state index contributed by atoms with van der Waals surface area (Å²) in [5.41, 5.74) is 3.07. The number of rotatable bonds is 3. The van der Waals surface area contributed by atoms with Crippen LogP contribution in [0.3, 0.4) is 0 Å². The van der Waals surface area contributed by atoms with Gasteiger partial charge in [-0.3, -0.25) is 4.79 Å². The molecule has 5 nitrogen and oxygen atoms in total. The van der Waals surface area contributed by atoms with Crippen LogP contribution in [0.15, 0.2) is 36.4 Å². The fourth-order valence-electron chi connectivity index (χ4n) is 2.83. The maximum atomic E-state index is 12.7. The smallest absolute Gasteiger partial charge is 0.339 e. The third-order valence-electron chi connectivity index (χ3n) is 3.84. The molecule has 2 aromatic carbocycles. The number of carbonyl (C=O) groups excluding carboxylic acids is 2. The molecule has 0 saturated carbocycles. The van der Waals surface area contributed by atoms with Crippen molar-refractivity contribution >= 4 is 33.4 Å². The van der Waals surface area contributed by atoms with Crippen LogP contribution in [0.5, 0.6) is 0 Å². The van der Waals surface area contributed by atoms with E-state index in [9.17, 15) is 9.59 Å². The number of fused-ring (bicyclic) bond motifs is 2. The molecule has 0 unspecified atom stereocenters. The molecule has 114 valence electrons. The summed E-state index contributed by atoms with van der Waals surface area (Å²) >= 11 is 1.18. The second kappa shape index (κ2) is 5.26. The van der Waals surface area contributed by atoms with Gasteiger partial charge in [0.1, 0.15) is 6.61 Å². The number of ketones is 1. The molecule has 0 bridgehead atoms. The van der Waals surface area contributed by atoms with Crippen LogP contribution < -0.4 is 0 Å². The highest BCUT2D eigenvalue weighted by Crippen LogP contribution is 2.41. The minimum absolute atomic E-state index is 0.0600. The molecule has 0 fully saturated rings. The van der Waals surface area contributed by atoms with Gasteiger partial charge in [0.2, 0.25) is 0 Å². The van der Waals surface area contributed by atoms with Gasteiger partial charge in [-0.1, -0.05) is 24.3 Å². The van der Waals surface area contributed by atoms with E-state index in [0.717, 1.165) is 11.3 Å². The predicted octanol–water partition coefficient (Wildman–Crippen LogP) is 2.66. The monoisotopic (exact) mass is 325 g/mol. The number of hydrogen-bond donors (Lipinski definition) is 1. The van der Waals surface area contributed by atoms with Crippen LogP contribution in [-0.2, 0) is 4.74 Å². The fourth-order valence-corrected chi connectivity index (χ4v) is 3.75. The van der Waals surface area contributed by atoms with Gasteiger partial charge in [0.05, 0.1) is 22.6 Å². The van der Waals surface area contributed by atoms with Crippen molar-refractivity contribution in [3.63, 3.8) is 0 Å². The first-order chi connectivity index (χ1) is 11.2. The molecule has 1 aliphatic rings. The summed E-state index contributed by atoms with van der Waals surface area (Å²) in [4.78, 5) is 24.8. The molecule has 0 spiro atoms. The summed E-state index contributed by atoms with van der Waals surface area (Å²) in [6.45, 7) is -0.289. The number of esters is 1. The Balaban J connectivity index is 1.96. The van der Waals surface area contributed by atoms with E-state index in [-0.39, 0.29) is 19.0 Å². The van der Waals surface area contributed by atoms with Gasteiger partial charge in [-0.2, -0.15) is 4.37 Å². The summed E-state index contributed by atoms with van der Waals surface area (Å²) in [5, 5.41) is 9.49. The summed E-state index contributed by atoms with van der Waals surface area (Å²) in [6, 6.07) is 10.6. The van der Waals surface area contributed by atoms with Gasteiger partial charge in [-0.25, -0.2) is 4.79 Å². The summed E-state index contributed by atoms with van der Waals surface area (Å²) in [5.74, 6) is -0.583. The van der Waals surface area contributed by atoms with Gasteiger partial charge >= 0.3 is 5.97 Å². The van der Waals surface area contributed by atoms with Gasteiger partial charge in [0.15, 0.2) is 5.78 Å². The average molecular weight is 325 g/mol. The second-order valence-electron chi connectivity index (χ2n) is 5.13. The van der Waals surface area contributed by atoms with Crippen molar-refractivity contribution in [3.05, 3.63) is 53.1 Å². The van der Waals surface area contributed by atoms with Gasteiger partial charge in [0.25, 0.3) is 0 Å². The third-order valence-corrected chi connectivity index (χ3v) is 4.72. The minimum Gasteiger partial charge on any atom is -0.460 e. The maximum absolute atomic E-state index is 12.7. The van der Waals surface area contributed by atoms with Crippen LogP contribution in [-0.4, -0.2) is 34.4 Å². The van der Waals surface area contributed by atoms with E-state index >= 15 is 0 Å². The molecule has 0 saturated heterocycles. The lowest BCUT2D eigenvalue weighted by molar-refractivity contribution is 0.0436. The average Bonchev–Trinajstić information content (AvgIpc) is 3.03. The molecule has 1 N–H and O–H groups in total. The van der Waals surface area contributed by atoms with Crippen molar-refractivity contribution < 1.29 is 19.4 Å². The van der Waals surface area contributed by atoms with Crippen molar-refractivity contribution in [1.29, 1.82) is 0 Å². The van der Waals surface area contributed by atoms with E-state index in [2.05, 4.69) is 4.37 Å². The molecule has 4 rings (SSSR count). The van der Waals surface area contributed by atoms with Crippen LogP contribution >= 0.6 is 11.5 Å². The Morgan fingerprint density at radius 2 is 1.91 bits per heavy atom. The van der Waals surface area contributed by atoms with Crippen LogP contribution in [0.4, 0.5) is 0 Å². The second-order valence-corrected chi connectivity index (χ2v) is 5.90. The first-order valence-electron chi connectivity index (χ1n) is 7.07. The number of benzene rings is 2. The zero-order valence-corrected chi connectivity index (χ0v) is 12.7. The topological polar surface area (TPSA) is 76.5 Å². The Labute approximate surface area is 135 Å². The Morgan fingerprint density at radius 3 is 2.70 bits per heavy atom.